The van der Waals surface area contributed by atoms with Gasteiger partial charge in [0.15, 0.2) is 5.78 Å². The van der Waals surface area contributed by atoms with Crippen LogP contribution in [-0.2, 0) is 16.8 Å². The summed E-state index contributed by atoms with van der Waals surface area (Å²) in [5.41, 5.74) is 2.92. The lowest BCUT2D eigenvalue weighted by atomic mass is 9.78. The molecule has 0 aliphatic heterocycles. The molecule has 1 aromatic heterocycles. The monoisotopic (exact) mass is 556 g/mol. The summed E-state index contributed by atoms with van der Waals surface area (Å²) in [6.07, 6.45) is 3.18. The molecule has 2 saturated carbocycles. The highest BCUT2D eigenvalue weighted by atomic mass is 16.6. The summed E-state index contributed by atoms with van der Waals surface area (Å²) in [7, 11) is 0. The summed E-state index contributed by atoms with van der Waals surface area (Å²) in [6, 6.07) is 22.0. The first-order valence-electron chi connectivity index (χ1n) is 14.5. The quantitative estimate of drug-likeness (QED) is 0.270. The van der Waals surface area contributed by atoms with E-state index in [0.29, 0.717) is 12.3 Å². The zero-order valence-electron chi connectivity index (χ0n) is 24.6. The van der Waals surface area contributed by atoms with Crippen molar-refractivity contribution in [2.45, 2.75) is 90.1 Å². The lowest BCUT2D eigenvalue weighted by molar-refractivity contribution is 0.0362. The predicted molar refractivity (Wildman–Crippen MR) is 157 cm³/mol. The molecule has 216 valence electrons. The third-order valence-electron chi connectivity index (χ3n) is 7.66. The molecule has 2 aliphatic rings. The number of hydrogen-bond donors (Lipinski definition) is 1. The molecular weight excluding hydrogens is 516 g/mol. The van der Waals surface area contributed by atoms with Gasteiger partial charge in [-0.2, -0.15) is 0 Å². The molecule has 7 nitrogen and oxygen atoms in total. The van der Waals surface area contributed by atoms with Gasteiger partial charge in [-0.1, -0.05) is 44.2 Å². The second-order valence-corrected chi connectivity index (χ2v) is 12.7. The van der Waals surface area contributed by atoms with Crippen molar-refractivity contribution >= 4 is 11.9 Å². The maximum Gasteiger partial charge on any atom is 0.407 e. The van der Waals surface area contributed by atoms with E-state index in [1.807, 2.05) is 57.2 Å². The van der Waals surface area contributed by atoms with Gasteiger partial charge in [-0.15, -0.1) is 0 Å². The largest absolute Gasteiger partial charge is 0.490 e. The molecule has 0 spiro atoms. The molecule has 0 unspecified atom stereocenters. The van der Waals surface area contributed by atoms with Crippen molar-refractivity contribution < 1.29 is 23.8 Å². The number of nitrogens with one attached hydrogen (secondary N) is 1. The van der Waals surface area contributed by atoms with E-state index in [4.69, 9.17) is 14.2 Å². The van der Waals surface area contributed by atoms with Crippen LogP contribution in [0.15, 0.2) is 66.7 Å². The average molecular weight is 557 g/mol. The molecule has 3 aromatic rings. The Morgan fingerprint density at radius 2 is 1.46 bits per heavy atom. The number of aromatic nitrogens is 1. The fourth-order valence-corrected chi connectivity index (χ4v) is 4.94. The zero-order chi connectivity index (χ0) is 29.2. The van der Waals surface area contributed by atoms with Crippen LogP contribution in [0.25, 0.3) is 0 Å². The van der Waals surface area contributed by atoms with Crippen LogP contribution in [0, 0.1) is 5.92 Å². The van der Waals surface area contributed by atoms with E-state index in [1.165, 1.54) is 11.1 Å². The smallest absolute Gasteiger partial charge is 0.407 e. The molecule has 5 rings (SSSR count). The molecule has 0 atom stereocenters. The predicted octanol–water partition coefficient (Wildman–Crippen LogP) is 7.01. The first-order chi connectivity index (χ1) is 19.5. The number of ether oxygens (including phenoxy) is 3. The summed E-state index contributed by atoms with van der Waals surface area (Å²) >= 11 is 0. The van der Waals surface area contributed by atoms with Gasteiger partial charge in [0.2, 0.25) is 0 Å². The SMILES string of the molecule is CC(C)(C)OC(=O)NC1CC(Oc2ccc(C(C)(C)c3ccc(OCc4cccc(C(=O)C5CC5)n4)cc3)cc2)C1. The molecule has 1 N–H and O–H groups in total. The van der Waals surface area contributed by atoms with Crippen molar-refractivity contribution in [3.05, 3.63) is 89.2 Å². The van der Waals surface area contributed by atoms with Crippen molar-refractivity contribution in [2.24, 2.45) is 5.92 Å². The Labute approximate surface area is 242 Å². The Balaban J connectivity index is 1.11. The van der Waals surface area contributed by atoms with Crippen LogP contribution in [-0.4, -0.2) is 34.6 Å². The first kappa shape index (κ1) is 28.7. The Bertz CT molecular complexity index is 1370. The van der Waals surface area contributed by atoms with Gasteiger partial charge in [-0.25, -0.2) is 9.78 Å². The number of rotatable bonds is 10. The Hall–Kier alpha value is -3.87. The third kappa shape index (κ3) is 7.46. The third-order valence-corrected chi connectivity index (χ3v) is 7.66. The number of carbonyl (C=O) groups is 2. The number of ketones is 1. The van der Waals surface area contributed by atoms with Crippen LogP contribution in [0.1, 0.15) is 87.6 Å². The minimum atomic E-state index is -0.502. The van der Waals surface area contributed by atoms with Crippen LogP contribution in [0.2, 0.25) is 0 Å². The van der Waals surface area contributed by atoms with E-state index in [0.717, 1.165) is 42.9 Å². The summed E-state index contributed by atoms with van der Waals surface area (Å²) in [6.45, 7) is 10.3. The topological polar surface area (TPSA) is 86.8 Å². The van der Waals surface area contributed by atoms with Crippen molar-refractivity contribution in [1.29, 1.82) is 0 Å². The molecule has 0 bridgehead atoms. The van der Waals surface area contributed by atoms with Crippen molar-refractivity contribution in [3.63, 3.8) is 0 Å². The summed E-state index contributed by atoms with van der Waals surface area (Å²) < 4.78 is 17.4. The molecule has 1 heterocycles. The van der Waals surface area contributed by atoms with E-state index in [9.17, 15) is 9.59 Å². The molecule has 41 heavy (non-hydrogen) atoms. The molecule has 2 aromatic carbocycles. The number of carbonyl (C=O) groups excluding carboxylic acids is 2. The maximum atomic E-state index is 12.3. The number of Topliss-reactive ketones (excluding diaryl/α,β-unsaturated/α-hetero) is 1. The fraction of sp³-hybridized carbons (Fsp3) is 0.441. The second kappa shape index (κ2) is 11.6. The molecule has 0 saturated heterocycles. The maximum absolute atomic E-state index is 12.3. The van der Waals surface area contributed by atoms with Gasteiger partial charge < -0.3 is 19.5 Å². The Morgan fingerprint density at radius 1 is 0.854 bits per heavy atom. The number of pyridine rings is 1. The van der Waals surface area contributed by atoms with Gasteiger partial charge >= 0.3 is 6.09 Å². The highest BCUT2D eigenvalue weighted by molar-refractivity contribution is 5.97. The number of hydrogen-bond acceptors (Lipinski definition) is 6. The van der Waals surface area contributed by atoms with Gasteiger partial charge in [0.1, 0.15) is 35.5 Å². The lowest BCUT2D eigenvalue weighted by Crippen LogP contribution is -2.50. The average Bonchev–Trinajstić information content (AvgIpc) is 3.76. The van der Waals surface area contributed by atoms with Crippen LogP contribution < -0.4 is 14.8 Å². The van der Waals surface area contributed by atoms with Crippen molar-refractivity contribution in [3.8, 4) is 11.5 Å². The molecule has 7 heteroatoms. The highest BCUT2D eigenvalue weighted by Crippen LogP contribution is 2.35. The van der Waals surface area contributed by atoms with E-state index >= 15 is 0 Å². The van der Waals surface area contributed by atoms with E-state index < -0.39 is 5.60 Å². The molecule has 2 fully saturated rings. The Morgan fingerprint density at radius 3 is 2.05 bits per heavy atom. The number of alkyl carbamates (subject to hydrolysis) is 1. The summed E-state index contributed by atoms with van der Waals surface area (Å²) in [4.78, 5) is 28.8. The van der Waals surface area contributed by atoms with E-state index in [-0.39, 0.29) is 35.4 Å². The number of benzene rings is 2. The highest BCUT2D eigenvalue weighted by Gasteiger charge is 2.34. The summed E-state index contributed by atoms with van der Waals surface area (Å²) in [5, 5.41) is 2.90. The van der Waals surface area contributed by atoms with Crippen LogP contribution in [0.5, 0.6) is 11.5 Å². The summed E-state index contributed by atoms with van der Waals surface area (Å²) in [5.74, 6) is 1.88. The molecular formula is C34H40N2O5. The van der Waals surface area contributed by atoms with Gasteiger partial charge in [-0.3, -0.25) is 4.79 Å². The lowest BCUT2D eigenvalue weighted by Gasteiger charge is -2.36. The normalized spacial score (nSPS) is 18.7. The number of amides is 1. The zero-order valence-corrected chi connectivity index (χ0v) is 24.6. The van der Waals surface area contributed by atoms with Crippen molar-refractivity contribution in [2.75, 3.05) is 0 Å². The molecule has 2 aliphatic carbocycles. The van der Waals surface area contributed by atoms with Crippen LogP contribution in [0.3, 0.4) is 0 Å². The van der Waals surface area contributed by atoms with Gasteiger partial charge in [0, 0.05) is 30.2 Å². The number of nitrogens with zero attached hydrogens (tertiary/aromatic N) is 1. The standard InChI is InChI=1S/C34H40N2O5/c1-33(2,3)41-32(38)36-26-19-29(20-26)40-28-17-13-24(14-18-28)34(4,5)23-11-15-27(16-12-23)39-21-25-7-6-8-30(35-25)31(37)22-9-10-22/h6-8,11-18,22,26,29H,9-10,19-21H2,1-5H3,(H,36,38). The molecule has 0 radical (unpaired) electrons. The van der Waals surface area contributed by atoms with E-state index in [1.54, 1.807) is 6.07 Å². The van der Waals surface area contributed by atoms with E-state index in [2.05, 4.69) is 48.4 Å². The van der Waals surface area contributed by atoms with Crippen LogP contribution >= 0.6 is 0 Å². The van der Waals surface area contributed by atoms with Gasteiger partial charge in [0.25, 0.3) is 0 Å². The van der Waals surface area contributed by atoms with Gasteiger partial charge in [0.05, 0.1) is 5.69 Å². The first-order valence-corrected chi connectivity index (χ1v) is 14.5. The molecule has 1 amide bonds. The minimum absolute atomic E-state index is 0.0812. The Kier molecular flexibility index (Phi) is 8.07. The minimum Gasteiger partial charge on any atom is -0.490 e. The fourth-order valence-electron chi connectivity index (χ4n) is 4.94. The van der Waals surface area contributed by atoms with Gasteiger partial charge in [-0.05, 0) is 81.1 Å². The van der Waals surface area contributed by atoms with Crippen LogP contribution in [0.4, 0.5) is 4.79 Å². The van der Waals surface area contributed by atoms with Crippen molar-refractivity contribution in [1.82, 2.24) is 10.3 Å². The second-order valence-electron chi connectivity index (χ2n) is 12.7.